The molecule has 44 heavy (non-hydrogen) atoms. The summed E-state index contributed by atoms with van der Waals surface area (Å²) in [5, 5.41) is 11.8. The van der Waals surface area contributed by atoms with E-state index in [2.05, 4.69) is 27.6 Å². The number of aromatic nitrogens is 3. The summed E-state index contributed by atoms with van der Waals surface area (Å²) >= 11 is 0. The van der Waals surface area contributed by atoms with E-state index in [0.717, 1.165) is 36.4 Å². The van der Waals surface area contributed by atoms with Crippen LogP contribution in [-0.2, 0) is 6.18 Å². The quantitative estimate of drug-likeness (QED) is 0.310. The van der Waals surface area contributed by atoms with Crippen LogP contribution in [0.15, 0.2) is 36.5 Å². The number of alkyl halides is 3. The van der Waals surface area contributed by atoms with Gasteiger partial charge in [-0.1, -0.05) is 6.07 Å². The SMILES string of the molecule is COc1cc2nn(C3CCC(CN(C)C4CCC5(CCNCC5)CC4)CC3)cc2cc1NC(=O)c1cccc(C(F)(F)F)n1. The number of carbonyl (C=O) groups excluding carboxylic acids is 1. The number of amides is 1. The van der Waals surface area contributed by atoms with Gasteiger partial charge in [0.15, 0.2) is 0 Å². The molecule has 8 nitrogen and oxygen atoms in total. The van der Waals surface area contributed by atoms with Crippen LogP contribution in [0, 0.1) is 11.3 Å². The Bertz CT molecular complexity index is 1450. The lowest BCUT2D eigenvalue weighted by Crippen LogP contribution is -2.44. The number of nitrogens with zero attached hydrogens (tertiary/aromatic N) is 4. The summed E-state index contributed by atoms with van der Waals surface area (Å²) in [7, 11) is 3.80. The number of benzene rings is 1. The molecule has 11 heteroatoms. The molecular weight excluding hydrogens is 569 g/mol. The summed E-state index contributed by atoms with van der Waals surface area (Å²) in [6.45, 7) is 3.53. The van der Waals surface area contributed by atoms with Crippen LogP contribution in [0.4, 0.5) is 18.9 Å². The van der Waals surface area contributed by atoms with Gasteiger partial charge < -0.3 is 20.3 Å². The smallest absolute Gasteiger partial charge is 0.433 e. The third-order valence-electron chi connectivity index (χ3n) is 10.4. The minimum atomic E-state index is -4.64. The molecule has 1 aromatic carbocycles. The van der Waals surface area contributed by atoms with Gasteiger partial charge in [0.2, 0.25) is 0 Å². The Balaban J connectivity index is 1.05. The van der Waals surface area contributed by atoms with Crippen LogP contribution in [0.3, 0.4) is 0 Å². The van der Waals surface area contributed by atoms with Crippen molar-refractivity contribution in [1.29, 1.82) is 0 Å². The molecular formula is C33H43F3N6O2. The van der Waals surface area contributed by atoms with Crippen molar-refractivity contribution in [2.24, 2.45) is 11.3 Å². The van der Waals surface area contributed by atoms with Crippen molar-refractivity contribution < 1.29 is 22.7 Å². The number of methoxy groups -OCH3 is 1. The molecule has 2 N–H and O–H groups in total. The van der Waals surface area contributed by atoms with E-state index in [1.807, 2.05) is 10.9 Å². The van der Waals surface area contributed by atoms with Crippen LogP contribution in [0.1, 0.15) is 86.4 Å². The van der Waals surface area contributed by atoms with E-state index in [-0.39, 0.29) is 5.69 Å². The molecule has 1 amide bonds. The molecule has 6 rings (SSSR count). The second-order valence-corrected chi connectivity index (χ2v) is 13.2. The molecule has 3 heterocycles. The average Bonchev–Trinajstić information content (AvgIpc) is 3.44. The Kier molecular flexibility index (Phi) is 8.88. The molecule has 238 valence electrons. The maximum Gasteiger partial charge on any atom is 0.433 e. The summed E-state index contributed by atoms with van der Waals surface area (Å²) in [4.78, 5) is 18.9. The lowest BCUT2D eigenvalue weighted by atomic mass is 9.67. The Morgan fingerprint density at radius 2 is 1.82 bits per heavy atom. The lowest BCUT2D eigenvalue weighted by Gasteiger charge is -2.45. The van der Waals surface area contributed by atoms with Gasteiger partial charge in [-0.25, -0.2) is 4.98 Å². The van der Waals surface area contributed by atoms with Crippen LogP contribution < -0.4 is 15.4 Å². The average molecular weight is 613 g/mol. The molecule has 1 aliphatic heterocycles. The molecule has 3 aromatic rings. The van der Waals surface area contributed by atoms with Gasteiger partial charge in [0.25, 0.3) is 5.91 Å². The zero-order chi connectivity index (χ0) is 30.9. The fraction of sp³-hybridized carbons (Fsp3) is 0.606. The Morgan fingerprint density at radius 1 is 1.09 bits per heavy atom. The van der Waals surface area contributed by atoms with E-state index < -0.39 is 17.8 Å². The largest absolute Gasteiger partial charge is 0.494 e. The first-order chi connectivity index (χ1) is 21.1. The van der Waals surface area contributed by atoms with Crippen LogP contribution in [0.5, 0.6) is 5.75 Å². The third kappa shape index (κ3) is 6.73. The zero-order valence-electron chi connectivity index (χ0n) is 25.6. The van der Waals surface area contributed by atoms with E-state index in [0.29, 0.717) is 34.9 Å². The number of halogens is 3. The summed E-state index contributed by atoms with van der Waals surface area (Å²) in [5.74, 6) is 0.328. The fourth-order valence-electron chi connectivity index (χ4n) is 7.69. The summed E-state index contributed by atoms with van der Waals surface area (Å²) in [6, 6.07) is 7.77. The topological polar surface area (TPSA) is 84.3 Å². The van der Waals surface area contributed by atoms with Gasteiger partial charge in [0.1, 0.15) is 17.1 Å². The number of fused-ring (bicyclic) bond motifs is 1. The third-order valence-corrected chi connectivity index (χ3v) is 10.4. The normalized spacial score (nSPS) is 22.9. The molecule has 0 bridgehead atoms. The summed E-state index contributed by atoms with van der Waals surface area (Å²) in [5.41, 5.74) is 0.250. The monoisotopic (exact) mass is 612 g/mol. The predicted molar refractivity (Wildman–Crippen MR) is 164 cm³/mol. The van der Waals surface area contributed by atoms with E-state index in [1.165, 1.54) is 83.7 Å². The number of pyridine rings is 1. The van der Waals surface area contributed by atoms with Gasteiger partial charge in [-0.05, 0) is 114 Å². The lowest BCUT2D eigenvalue weighted by molar-refractivity contribution is -0.141. The highest BCUT2D eigenvalue weighted by molar-refractivity contribution is 6.05. The highest BCUT2D eigenvalue weighted by atomic mass is 19.4. The first kappa shape index (κ1) is 30.8. The number of hydrogen-bond acceptors (Lipinski definition) is 6. The molecule has 0 unspecified atom stereocenters. The van der Waals surface area contributed by atoms with E-state index >= 15 is 0 Å². The summed E-state index contributed by atoms with van der Waals surface area (Å²) in [6.07, 6.45) is 9.91. The Hall–Kier alpha value is -3.18. The van der Waals surface area contributed by atoms with Crippen molar-refractivity contribution in [3.8, 4) is 5.75 Å². The van der Waals surface area contributed by atoms with Gasteiger partial charge in [-0.3, -0.25) is 9.48 Å². The highest BCUT2D eigenvalue weighted by Gasteiger charge is 2.38. The predicted octanol–water partition coefficient (Wildman–Crippen LogP) is 6.69. The fourth-order valence-corrected chi connectivity index (χ4v) is 7.69. The number of anilines is 1. The molecule has 0 atom stereocenters. The van der Waals surface area contributed by atoms with Crippen molar-refractivity contribution in [3.63, 3.8) is 0 Å². The van der Waals surface area contributed by atoms with Gasteiger partial charge in [0, 0.05) is 30.2 Å². The Labute approximate surface area is 256 Å². The molecule has 3 fully saturated rings. The van der Waals surface area contributed by atoms with Gasteiger partial charge in [-0.15, -0.1) is 0 Å². The van der Waals surface area contributed by atoms with Crippen molar-refractivity contribution in [2.75, 3.05) is 39.1 Å². The number of ether oxygens (including phenoxy) is 1. The van der Waals surface area contributed by atoms with Crippen molar-refractivity contribution >= 4 is 22.5 Å². The number of nitrogens with one attached hydrogen (secondary N) is 2. The molecule has 1 spiro atoms. The van der Waals surface area contributed by atoms with Gasteiger partial charge in [0.05, 0.1) is 24.4 Å². The van der Waals surface area contributed by atoms with Crippen LogP contribution in [-0.4, -0.2) is 65.4 Å². The molecule has 3 aliphatic rings. The van der Waals surface area contributed by atoms with Crippen molar-refractivity contribution in [1.82, 2.24) is 25.0 Å². The minimum Gasteiger partial charge on any atom is -0.494 e. The standard InChI is InChI=1S/C33H43F3N6O2/c1-41(24-10-12-32(13-11-24)14-16-37-17-15-32)20-22-6-8-25(9-7-22)42-21-23-18-28(29(44-2)19-27(23)40-42)39-31(43)26-4-3-5-30(38-26)33(34,35)36/h3-5,18-19,21-22,24-25,37H,6-17,20H2,1-2H3,(H,39,43). The van der Waals surface area contributed by atoms with E-state index in [9.17, 15) is 18.0 Å². The van der Waals surface area contributed by atoms with E-state index in [4.69, 9.17) is 9.84 Å². The number of carbonyl (C=O) groups is 1. The second-order valence-electron chi connectivity index (χ2n) is 13.2. The van der Waals surface area contributed by atoms with Crippen molar-refractivity contribution in [3.05, 3.63) is 47.9 Å². The molecule has 0 radical (unpaired) electrons. The van der Waals surface area contributed by atoms with Crippen molar-refractivity contribution in [2.45, 2.75) is 82.5 Å². The zero-order valence-corrected chi connectivity index (χ0v) is 25.6. The summed E-state index contributed by atoms with van der Waals surface area (Å²) < 4.78 is 46.8. The van der Waals surface area contributed by atoms with Crippen LogP contribution in [0.2, 0.25) is 0 Å². The van der Waals surface area contributed by atoms with Crippen LogP contribution >= 0.6 is 0 Å². The molecule has 2 aliphatic carbocycles. The van der Waals surface area contributed by atoms with E-state index in [1.54, 1.807) is 12.1 Å². The maximum absolute atomic E-state index is 13.1. The number of piperidine rings is 1. The number of hydrogen-bond donors (Lipinski definition) is 2. The van der Waals surface area contributed by atoms with Gasteiger partial charge in [-0.2, -0.15) is 18.3 Å². The van der Waals surface area contributed by atoms with Crippen LogP contribution in [0.25, 0.3) is 10.9 Å². The first-order valence-electron chi connectivity index (χ1n) is 16.0. The van der Waals surface area contributed by atoms with Gasteiger partial charge >= 0.3 is 6.18 Å². The molecule has 1 saturated heterocycles. The molecule has 2 saturated carbocycles. The molecule has 2 aromatic heterocycles. The minimum absolute atomic E-state index is 0.303. The highest BCUT2D eigenvalue weighted by Crippen LogP contribution is 2.44. The Morgan fingerprint density at radius 3 is 2.50 bits per heavy atom. The number of rotatable bonds is 7. The first-order valence-corrected chi connectivity index (χ1v) is 16.0. The maximum atomic E-state index is 13.1. The second kappa shape index (κ2) is 12.7.